The zero-order chi connectivity index (χ0) is 20.3. The van der Waals surface area contributed by atoms with E-state index in [2.05, 4.69) is 4.90 Å². The minimum atomic E-state index is -3.67. The molecule has 0 aromatic heterocycles. The van der Waals surface area contributed by atoms with Crippen LogP contribution in [0, 0.1) is 0 Å². The number of anilines is 1. The second-order valence-corrected chi connectivity index (χ2v) is 9.13. The molecule has 0 bridgehead atoms. The minimum Gasteiger partial charge on any atom is -0.495 e. The van der Waals surface area contributed by atoms with Gasteiger partial charge in [-0.15, -0.1) is 0 Å². The molecule has 1 amide bonds. The standard InChI is InChI=1S/C19H29N3O5S/c1-15(23)22(19-6-4-5-9-20(19)2)17-14-16(7-8-18(17)26-3)28(24,25)21-10-12-27-13-11-21/h7-8,14,19H,4-6,9-13H2,1-3H3. The van der Waals surface area contributed by atoms with Crippen molar-refractivity contribution in [2.45, 2.75) is 37.2 Å². The lowest BCUT2D eigenvalue weighted by molar-refractivity contribution is -0.118. The van der Waals surface area contributed by atoms with E-state index < -0.39 is 10.0 Å². The Morgan fingerprint density at radius 3 is 2.54 bits per heavy atom. The fourth-order valence-electron chi connectivity index (χ4n) is 3.88. The first-order valence-corrected chi connectivity index (χ1v) is 11.1. The normalized spacial score (nSPS) is 22.0. The molecule has 0 radical (unpaired) electrons. The second kappa shape index (κ2) is 8.77. The summed E-state index contributed by atoms with van der Waals surface area (Å²) >= 11 is 0. The molecule has 156 valence electrons. The van der Waals surface area contributed by atoms with Gasteiger partial charge in [-0.05, 0) is 51.1 Å². The molecule has 2 aliphatic rings. The van der Waals surface area contributed by atoms with Gasteiger partial charge in [-0.3, -0.25) is 14.6 Å². The number of methoxy groups -OCH3 is 1. The van der Waals surface area contributed by atoms with Gasteiger partial charge < -0.3 is 9.47 Å². The summed E-state index contributed by atoms with van der Waals surface area (Å²) in [5, 5.41) is 0. The molecular formula is C19H29N3O5S. The van der Waals surface area contributed by atoms with Gasteiger partial charge in [0.15, 0.2) is 0 Å². The highest BCUT2D eigenvalue weighted by Gasteiger charge is 2.33. The molecule has 1 aromatic carbocycles. The molecule has 1 aromatic rings. The molecule has 0 N–H and O–H groups in total. The van der Waals surface area contributed by atoms with Crippen LogP contribution in [0.3, 0.4) is 0 Å². The lowest BCUT2D eigenvalue weighted by Crippen LogP contribution is -2.51. The van der Waals surface area contributed by atoms with Crippen molar-refractivity contribution < 1.29 is 22.7 Å². The number of hydrogen-bond donors (Lipinski definition) is 0. The zero-order valence-corrected chi connectivity index (χ0v) is 17.6. The number of benzene rings is 1. The van der Waals surface area contributed by atoms with E-state index in [4.69, 9.17) is 9.47 Å². The van der Waals surface area contributed by atoms with Crippen LogP contribution >= 0.6 is 0 Å². The van der Waals surface area contributed by atoms with Crippen molar-refractivity contribution in [3.63, 3.8) is 0 Å². The van der Waals surface area contributed by atoms with E-state index in [1.807, 2.05) is 7.05 Å². The minimum absolute atomic E-state index is 0.124. The molecule has 9 heteroatoms. The fraction of sp³-hybridized carbons (Fsp3) is 0.632. The van der Waals surface area contributed by atoms with Crippen LogP contribution in [0.15, 0.2) is 23.1 Å². The van der Waals surface area contributed by atoms with Crippen molar-refractivity contribution in [1.82, 2.24) is 9.21 Å². The van der Waals surface area contributed by atoms with Crippen LogP contribution in [0.2, 0.25) is 0 Å². The molecule has 2 heterocycles. The Hall–Kier alpha value is -1.68. The number of nitrogens with zero attached hydrogens (tertiary/aromatic N) is 3. The molecule has 28 heavy (non-hydrogen) atoms. The maximum Gasteiger partial charge on any atom is 0.243 e. The van der Waals surface area contributed by atoms with E-state index in [1.54, 1.807) is 17.0 Å². The number of sulfonamides is 1. The first-order chi connectivity index (χ1) is 13.4. The summed E-state index contributed by atoms with van der Waals surface area (Å²) in [6.07, 6.45) is 2.81. The van der Waals surface area contributed by atoms with Crippen molar-refractivity contribution in [3.8, 4) is 5.75 Å². The number of rotatable bonds is 5. The number of piperidine rings is 1. The zero-order valence-electron chi connectivity index (χ0n) is 16.8. The van der Waals surface area contributed by atoms with Gasteiger partial charge in [-0.25, -0.2) is 8.42 Å². The molecule has 2 fully saturated rings. The van der Waals surface area contributed by atoms with E-state index in [0.717, 1.165) is 25.8 Å². The number of carbonyl (C=O) groups is 1. The first kappa shape index (κ1) is 21.0. The van der Waals surface area contributed by atoms with Gasteiger partial charge in [0.05, 0.1) is 37.1 Å². The molecule has 0 aliphatic carbocycles. The molecule has 0 spiro atoms. The second-order valence-electron chi connectivity index (χ2n) is 7.20. The highest BCUT2D eigenvalue weighted by Crippen LogP contribution is 2.35. The number of amides is 1. The van der Waals surface area contributed by atoms with Crippen LogP contribution < -0.4 is 9.64 Å². The average molecular weight is 412 g/mol. The lowest BCUT2D eigenvalue weighted by atomic mass is 10.1. The fourth-order valence-corrected chi connectivity index (χ4v) is 5.31. The van der Waals surface area contributed by atoms with Crippen molar-refractivity contribution in [2.75, 3.05) is 51.9 Å². The largest absolute Gasteiger partial charge is 0.495 e. The Labute approximate surface area is 167 Å². The van der Waals surface area contributed by atoms with Crippen LogP contribution in [-0.4, -0.2) is 76.7 Å². The van der Waals surface area contributed by atoms with Crippen molar-refractivity contribution in [2.24, 2.45) is 0 Å². The predicted octanol–water partition coefficient (Wildman–Crippen LogP) is 1.51. The topological polar surface area (TPSA) is 79.4 Å². The Morgan fingerprint density at radius 1 is 1.21 bits per heavy atom. The molecular weight excluding hydrogens is 382 g/mol. The Morgan fingerprint density at radius 2 is 1.93 bits per heavy atom. The summed E-state index contributed by atoms with van der Waals surface area (Å²) in [6.45, 7) is 3.81. The van der Waals surface area contributed by atoms with Gasteiger partial charge in [0.1, 0.15) is 5.75 Å². The van der Waals surface area contributed by atoms with Gasteiger partial charge in [0.2, 0.25) is 15.9 Å². The van der Waals surface area contributed by atoms with Crippen LogP contribution in [0.4, 0.5) is 5.69 Å². The smallest absolute Gasteiger partial charge is 0.243 e. The van der Waals surface area contributed by atoms with Gasteiger partial charge in [-0.1, -0.05) is 0 Å². The number of carbonyl (C=O) groups excluding carboxylic acids is 1. The van der Waals surface area contributed by atoms with Crippen LogP contribution in [0.25, 0.3) is 0 Å². The van der Waals surface area contributed by atoms with E-state index in [0.29, 0.717) is 37.7 Å². The van der Waals surface area contributed by atoms with E-state index >= 15 is 0 Å². The Balaban J connectivity index is 2.03. The van der Waals surface area contributed by atoms with E-state index in [1.165, 1.54) is 24.4 Å². The van der Waals surface area contributed by atoms with Gasteiger partial charge in [-0.2, -0.15) is 4.31 Å². The van der Waals surface area contributed by atoms with Crippen LogP contribution in [0.5, 0.6) is 5.75 Å². The van der Waals surface area contributed by atoms with Crippen molar-refractivity contribution >= 4 is 21.6 Å². The molecule has 1 unspecified atom stereocenters. The number of hydrogen-bond acceptors (Lipinski definition) is 6. The van der Waals surface area contributed by atoms with Crippen molar-refractivity contribution in [1.29, 1.82) is 0 Å². The van der Waals surface area contributed by atoms with Crippen LogP contribution in [0.1, 0.15) is 26.2 Å². The summed E-state index contributed by atoms with van der Waals surface area (Å²) in [6, 6.07) is 4.73. The number of ether oxygens (including phenoxy) is 2. The van der Waals surface area contributed by atoms with Crippen LogP contribution in [-0.2, 0) is 19.6 Å². The van der Waals surface area contributed by atoms with Crippen molar-refractivity contribution in [3.05, 3.63) is 18.2 Å². The molecule has 2 aliphatic heterocycles. The summed E-state index contributed by atoms with van der Waals surface area (Å²) in [5.41, 5.74) is 0.489. The SMILES string of the molecule is COc1ccc(S(=O)(=O)N2CCOCC2)cc1N(C(C)=O)C1CCCCN1C. The first-order valence-electron chi connectivity index (χ1n) is 9.62. The third-order valence-corrected chi connectivity index (χ3v) is 7.28. The molecule has 0 saturated carbocycles. The van der Waals surface area contributed by atoms with Gasteiger partial charge in [0, 0.05) is 20.0 Å². The summed E-state index contributed by atoms with van der Waals surface area (Å²) in [5.74, 6) is 0.341. The maximum absolute atomic E-state index is 13.1. The summed E-state index contributed by atoms with van der Waals surface area (Å²) in [7, 11) is -0.154. The summed E-state index contributed by atoms with van der Waals surface area (Å²) in [4.78, 5) is 16.5. The Bertz CT molecular complexity index is 808. The third kappa shape index (κ3) is 4.17. The highest BCUT2D eigenvalue weighted by molar-refractivity contribution is 7.89. The molecule has 3 rings (SSSR count). The van der Waals surface area contributed by atoms with Gasteiger partial charge in [0.25, 0.3) is 0 Å². The molecule has 8 nitrogen and oxygen atoms in total. The maximum atomic E-state index is 13.1. The average Bonchev–Trinajstić information content (AvgIpc) is 2.70. The number of morpholine rings is 1. The monoisotopic (exact) mass is 411 g/mol. The van der Waals surface area contributed by atoms with E-state index in [-0.39, 0.29) is 17.0 Å². The van der Waals surface area contributed by atoms with E-state index in [9.17, 15) is 13.2 Å². The van der Waals surface area contributed by atoms with Gasteiger partial charge >= 0.3 is 0 Å². The quantitative estimate of drug-likeness (QED) is 0.731. The molecule has 1 atom stereocenters. The molecule has 2 saturated heterocycles. The lowest BCUT2D eigenvalue weighted by Gasteiger charge is -2.40. The third-order valence-electron chi connectivity index (χ3n) is 5.39. The highest BCUT2D eigenvalue weighted by atomic mass is 32.2. The predicted molar refractivity (Wildman–Crippen MR) is 106 cm³/mol. The summed E-state index contributed by atoms with van der Waals surface area (Å²) < 4.78 is 38.3. The number of likely N-dealkylation sites (tertiary alicyclic amines) is 1. The Kier molecular flexibility index (Phi) is 6.59.